The van der Waals surface area contributed by atoms with Gasteiger partial charge in [-0.05, 0) is 25.0 Å². The minimum atomic E-state index is 0.395. The maximum Gasteiger partial charge on any atom is 0.0710 e. The number of hydrogen-bond donors (Lipinski definition) is 1. The summed E-state index contributed by atoms with van der Waals surface area (Å²) in [6.07, 6.45) is 4.55. The quantitative estimate of drug-likeness (QED) is 0.838. The molecule has 2 heterocycles. The normalized spacial score (nSPS) is 20.2. The number of methoxy groups -OCH3 is 1. The first kappa shape index (κ1) is 13.3. The number of hydrogen-bond acceptors (Lipinski definition) is 4. The van der Waals surface area contributed by atoms with Gasteiger partial charge in [0.15, 0.2) is 0 Å². The lowest BCUT2D eigenvalue weighted by atomic mass is 10.3. The molecule has 0 radical (unpaired) electrons. The number of anilines is 1. The van der Waals surface area contributed by atoms with E-state index in [1.54, 1.807) is 7.11 Å². The van der Waals surface area contributed by atoms with E-state index in [1.807, 2.05) is 12.3 Å². The van der Waals surface area contributed by atoms with E-state index in [9.17, 15) is 0 Å². The van der Waals surface area contributed by atoms with E-state index in [-0.39, 0.29) is 0 Å². The lowest BCUT2D eigenvalue weighted by Crippen LogP contribution is -2.22. The molecule has 1 N–H and O–H groups in total. The number of nitrogens with zero attached hydrogens (tertiary/aromatic N) is 2. The van der Waals surface area contributed by atoms with Crippen molar-refractivity contribution in [1.29, 1.82) is 0 Å². The predicted octanol–water partition coefficient (Wildman–Crippen LogP) is 2.12. The van der Waals surface area contributed by atoms with Crippen molar-refractivity contribution in [1.82, 2.24) is 9.88 Å². The van der Waals surface area contributed by atoms with Crippen LogP contribution >= 0.6 is 0 Å². The first-order valence-electron chi connectivity index (χ1n) is 6.75. The molecule has 0 bridgehead atoms. The summed E-state index contributed by atoms with van der Waals surface area (Å²) >= 11 is 0. The molecule has 2 rings (SSSR count). The van der Waals surface area contributed by atoms with Gasteiger partial charge in [-0.1, -0.05) is 6.92 Å². The summed E-state index contributed by atoms with van der Waals surface area (Å²) in [5.41, 5.74) is 2.30. The van der Waals surface area contributed by atoms with Gasteiger partial charge in [0, 0.05) is 45.2 Å². The zero-order valence-corrected chi connectivity index (χ0v) is 11.4. The first-order valence-corrected chi connectivity index (χ1v) is 6.75. The molecule has 18 heavy (non-hydrogen) atoms. The Morgan fingerprint density at radius 2 is 2.44 bits per heavy atom. The molecule has 0 spiro atoms. The monoisotopic (exact) mass is 249 g/mol. The van der Waals surface area contributed by atoms with Crippen molar-refractivity contribution in [2.45, 2.75) is 32.4 Å². The fraction of sp³-hybridized carbons (Fsp3) is 0.643. The highest BCUT2D eigenvalue weighted by Crippen LogP contribution is 2.16. The highest BCUT2D eigenvalue weighted by molar-refractivity contribution is 5.43. The Bertz CT molecular complexity index is 370. The van der Waals surface area contributed by atoms with Crippen molar-refractivity contribution >= 4 is 5.69 Å². The van der Waals surface area contributed by atoms with Gasteiger partial charge in [-0.25, -0.2) is 0 Å². The van der Waals surface area contributed by atoms with E-state index in [4.69, 9.17) is 4.74 Å². The van der Waals surface area contributed by atoms with Gasteiger partial charge in [-0.2, -0.15) is 0 Å². The molecule has 1 atom stereocenters. The zero-order chi connectivity index (χ0) is 12.8. The maximum absolute atomic E-state index is 5.38. The SMILES string of the molecule is CCCNc1ccnc(CN2CCC(OC)C2)c1. The molecule has 1 aromatic rings. The van der Waals surface area contributed by atoms with E-state index in [0.29, 0.717) is 6.10 Å². The molecule has 4 nitrogen and oxygen atoms in total. The molecule has 0 aliphatic carbocycles. The second-order valence-electron chi connectivity index (χ2n) is 4.84. The van der Waals surface area contributed by atoms with E-state index in [0.717, 1.165) is 44.7 Å². The van der Waals surface area contributed by atoms with Gasteiger partial charge in [-0.3, -0.25) is 9.88 Å². The van der Waals surface area contributed by atoms with Gasteiger partial charge in [0.2, 0.25) is 0 Å². The highest BCUT2D eigenvalue weighted by Gasteiger charge is 2.22. The molecule has 0 aromatic carbocycles. The van der Waals surface area contributed by atoms with Crippen molar-refractivity contribution in [2.24, 2.45) is 0 Å². The van der Waals surface area contributed by atoms with Crippen LogP contribution in [0, 0.1) is 0 Å². The van der Waals surface area contributed by atoms with E-state index in [1.165, 1.54) is 5.69 Å². The van der Waals surface area contributed by atoms with Crippen LogP contribution in [-0.2, 0) is 11.3 Å². The lowest BCUT2D eigenvalue weighted by molar-refractivity contribution is 0.107. The van der Waals surface area contributed by atoms with Gasteiger partial charge in [-0.15, -0.1) is 0 Å². The topological polar surface area (TPSA) is 37.4 Å². The lowest BCUT2D eigenvalue weighted by Gasteiger charge is -2.15. The van der Waals surface area contributed by atoms with E-state index in [2.05, 4.69) is 28.2 Å². The zero-order valence-electron chi connectivity index (χ0n) is 11.4. The summed E-state index contributed by atoms with van der Waals surface area (Å²) in [6.45, 7) is 6.22. The van der Waals surface area contributed by atoms with Crippen molar-refractivity contribution in [3.8, 4) is 0 Å². The van der Waals surface area contributed by atoms with E-state index < -0.39 is 0 Å². The summed E-state index contributed by atoms with van der Waals surface area (Å²) in [5.74, 6) is 0. The van der Waals surface area contributed by atoms with Gasteiger partial charge in [0.1, 0.15) is 0 Å². The number of likely N-dealkylation sites (tertiary alicyclic amines) is 1. The number of ether oxygens (including phenoxy) is 1. The van der Waals surface area contributed by atoms with Crippen LogP contribution in [0.4, 0.5) is 5.69 Å². The number of pyridine rings is 1. The van der Waals surface area contributed by atoms with Crippen LogP contribution < -0.4 is 5.32 Å². The van der Waals surface area contributed by atoms with Crippen molar-refractivity contribution in [3.05, 3.63) is 24.0 Å². The Morgan fingerprint density at radius 1 is 1.56 bits per heavy atom. The second-order valence-corrected chi connectivity index (χ2v) is 4.84. The van der Waals surface area contributed by atoms with Crippen LogP contribution in [0.3, 0.4) is 0 Å². The van der Waals surface area contributed by atoms with Crippen LogP contribution in [0.5, 0.6) is 0 Å². The molecule has 1 saturated heterocycles. The highest BCUT2D eigenvalue weighted by atomic mass is 16.5. The van der Waals surface area contributed by atoms with Crippen molar-refractivity contribution in [2.75, 3.05) is 32.1 Å². The first-order chi connectivity index (χ1) is 8.81. The fourth-order valence-electron chi connectivity index (χ4n) is 2.31. The molecule has 0 amide bonds. The summed E-state index contributed by atoms with van der Waals surface area (Å²) in [5, 5.41) is 3.40. The Morgan fingerprint density at radius 3 is 3.17 bits per heavy atom. The third-order valence-electron chi connectivity index (χ3n) is 3.34. The molecule has 0 saturated carbocycles. The van der Waals surface area contributed by atoms with Crippen LogP contribution in [0.15, 0.2) is 18.3 Å². The molecule has 1 aromatic heterocycles. The molecule has 1 unspecified atom stereocenters. The molecule has 1 aliphatic rings. The third-order valence-corrected chi connectivity index (χ3v) is 3.34. The second kappa shape index (κ2) is 6.71. The van der Waals surface area contributed by atoms with Crippen LogP contribution in [0.25, 0.3) is 0 Å². The van der Waals surface area contributed by atoms with Gasteiger partial charge >= 0.3 is 0 Å². The summed E-state index contributed by atoms with van der Waals surface area (Å²) in [7, 11) is 1.79. The Kier molecular flexibility index (Phi) is 4.96. The van der Waals surface area contributed by atoms with Gasteiger partial charge < -0.3 is 10.1 Å². The van der Waals surface area contributed by atoms with Gasteiger partial charge in [0.05, 0.1) is 11.8 Å². The average Bonchev–Trinajstić information content (AvgIpc) is 2.84. The summed E-state index contributed by atoms with van der Waals surface area (Å²) < 4.78 is 5.38. The third kappa shape index (κ3) is 3.68. The largest absolute Gasteiger partial charge is 0.385 e. The Labute approximate surface area is 109 Å². The van der Waals surface area contributed by atoms with Crippen molar-refractivity contribution in [3.63, 3.8) is 0 Å². The average molecular weight is 249 g/mol. The van der Waals surface area contributed by atoms with Crippen LogP contribution in [0.2, 0.25) is 0 Å². The molecule has 100 valence electrons. The van der Waals surface area contributed by atoms with E-state index >= 15 is 0 Å². The fourth-order valence-corrected chi connectivity index (χ4v) is 2.31. The molecule has 1 fully saturated rings. The number of nitrogens with one attached hydrogen (secondary N) is 1. The predicted molar refractivity (Wildman–Crippen MR) is 73.7 cm³/mol. The minimum absolute atomic E-state index is 0.395. The molecule has 4 heteroatoms. The van der Waals surface area contributed by atoms with Crippen molar-refractivity contribution < 1.29 is 4.74 Å². The minimum Gasteiger partial charge on any atom is -0.385 e. The summed E-state index contributed by atoms with van der Waals surface area (Å²) in [6, 6.07) is 4.18. The Balaban J connectivity index is 1.89. The van der Waals surface area contributed by atoms with Crippen LogP contribution in [0.1, 0.15) is 25.5 Å². The molecular weight excluding hydrogens is 226 g/mol. The Hall–Kier alpha value is -1.13. The molecule has 1 aliphatic heterocycles. The molecular formula is C14H23N3O. The standard InChI is InChI=1S/C14H23N3O/c1-3-6-15-12-4-7-16-13(9-12)10-17-8-5-14(11-17)18-2/h4,7,9,14H,3,5-6,8,10-11H2,1-2H3,(H,15,16). The smallest absolute Gasteiger partial charge is 0.0710 e. The summed E-state index contributed by atoms with van der Waals surface area (Å²) in [4.78, 5) is 6.84. The number of aromatic nitrogens is 1. The number of rotatable bonds is 6. The maximum atomic E-state index is 5.38. The van der Waals surface area contributed by atoms with Gasteiger partial charge in [0.25, 0.3) is 0 Å². The van der Waals surface area contributed by atoms with Crippen LogP contribution in [-0.4, -0.2) is 42.7 Å².